The van der Waals surface area contributed by atoms with Gasteiger partial charge < -0.3 is 16.0 Å². The van der Waals surface area contributed by atoms with Crippen LogP contribution in [0.25, 0.3) is 0 Å². The highest BCUT2D eigenvalue weighted by Gasteiger charge is 2.03. The van der Waals surface area contributed by atoms with Crippen LogP contribution < -0.4 is 11.5 Å². The van der Waals surface area contributed by atoms with E-state index in [1.54, 1.807) is 0 Å². The van der Waals surface area contributed by atoms with Crippen molar-refractivity contribution in [2.75, 3.05) is 13.1 Å². The van der Waals surface area contributed by atoms with Gasteiger partial charge in [-0.15, -0.1) is 0 Å². The molecule has 0 bridgehead atoms. The van der Waals surface area contributed by atoms with Crippen LogP contribution in [0.1, 0.15) is 11.5 Å². The molecular formula is C8H16N4. The molecule has 12 heavy (non-hydrogen) atoms. The Hall–Kier alpha value is -0.870. The zero-order valence-corrected chi connectivity index (χ0v) is 7.45. The minimum atomic E-state index is 0.646. The maximum Gasteiger partial charge on any atom is 0.109 e. The molecule has 0 atom stereocenters. The third-order valence-electron chi connectivity index (χ3n) is 1.95. The molecule has 1 aromatic heterocycles. The maximum atomic E-state index is 5.45. The van der Waals surface area contributed by atoms with Crippen LogP contribution in [-0.2, 0) is 19.9 Å². The van der Waals surface area contributed by atoms with E-state index in [4.69, 9.17) is 11.5 Å². The zero-order chi connectivity index (χ0) is 8.97. The summed E-state index contributed by atoms with van der Waals surface area (Å²) < 4.78 is 2.07. The third kappa shape index (κ3) is 1.84. The zero-order valence-electron chi connectivity index (χ0n) is 7.45. The van der Waals surface area contributed by atoms with Crippen molar-refractivity contribution in [1.29, 1.82) is 0 Å². The Bertz CT molecular complexity index is 218. The molecule has 4 N–H and O–H groups in total. The van der Waals surface area contributed by atoms with Crippen molar-refractivity contribution in [3.05, 3.63) is 17.7 Å². The van der Waals surface area contributed by atoms with Gasteiger partial charge >= 0.3 is 0 Å². The molecule has 0 amide bonds. The summed E-state index contributed by atoms with van der Waals surface area (Å²) in [5.41, 5.74) is 12.1. The molecule has 0 radical (unpaired) electrons. The van der Waals surface area contributed by atoms with Crippen molar-refractivity contribution in [1.82, 2.24) is 9.55 Å². The van der Waals surface area contributed by atoms with Crippen LogP contribution in [0, 0.1) is 0 Å². The Balaban J connectivity index is 2.74. The number of rotatable bonds is 4. The lowest BCUT2D eigenvalue weighted by Gasteiger charge is -2.03. The minimum Gasteiger partial charge on any atom is -0.335 e. The summed E-state index contributed by atoms with van der Waals surface area (Å²) in [5.74, 6) is 1.04. The average molecular weight is 168 g/mol. The highest BCUT2D eigenvalue weighted by atomic mass is 15.1. The standard InChI is InChI=1S/C8H16N4/c1-12-7(2-4-9)6-11-8(12)3-5-10/h6H,2-5,9-10H2,1H3. The number of aromatic nitrogens is 2. The van der Waals surface area contributed by atoms with Gasteiger partial charge in [0.15, 0.2) is 0 Å². The molecule has 1 aromatic rings. The fraction of sp³-hybridized carbons (Fsp3) is 0.625. The van der Waals surface area contributed by atoms with Gasteiger partial charge in [0.1, 0.15) is 5.82 Å². The van der Waals surface area contributed by atoms with Gasteiger partial charge in [0, 0.05) is 31.8 Å². The summed E-state index contributed by atoms with van der Waals surface area (Å²) >= 11 is 0. The van der Waals surface area contributed by atoms with Crippen molar-refractivity contribution < 1.29 is 0 Å². The topological polar surface area (TPSA) is 69.9 Å². The predicted octanol–water partition coefficient (Wildman–Crippen LogP) is -0.577. The van der Waals surface area contributed by atoms with E-state index in [1.165, 1.54) is 5.69 Å². The fourth-order valence-corrected chi connectivity index (χ4v) is 1.23. The summed E-state index contributed by atoms with van der Waals surface area (Å²) in [5, 5.41) is 0. The second-order valence-corrected chi connectivity index (χ2v) is 2.80. The lowest BCUT2D eigenvalue weighted by atomic mass is 10.3. The molecule has 1 rings (SSSR count). The molecular weight excluding hydrogens is 152 g/mol. The molecule has 0 saturated carbocycles. The monoisotopic (exact) mass is 168 g/mol. The quantitative estimate of drug-likeness (QED) is 0.632. The first-order valence-corrected chi connectivity index (χ1v) is 4.19. The van der Waals surface area contributed by atoms with E-state index < -0.39 is 0 Å². The fourth-order valence-electron chi connectivity index (χ4n) is 1.23. The minimum absolute atomic E-state index is 0.646. The number of hydrogen-bond donors (Lipinski definition) is 2. The molecule has 0 unspecified atom stereocenters. The van der Waals surface area contributed by atoms with E-state index in [2.05, 4.69) is 9.55 Å². The maximum absolute atomic E-state index is 5.45. The Morgan fingerprint density at radius 2 is 2.00 bits per heavy atom. The largest absolute Gasteiger partial charge is 0.335 e. The SMILES string of the molecule is Cn1c(CCN)cnc1CCN. The molecule has 4 heteroatoms. The molecule has 1 heterocycles. The van der Waals surface area contributed by atoms with E-state index in [0.717, 1.165) is 18.7 Å². The average Bonchev–Trinajstić information content (AvgIpc) is 2.38. The lowest BCUT2D eigenvalue weighted by Crippen LogP contribution is -2.11. The van der Waals surface area contributed by atoms with Crippen LogP contribution in [-0.4, -0.2) is 22.6 Å². The Morgan fingerprint density at radius 1 is 1.33 bits per heavy atom. The highest BCUT2D eigenvalue weighted by molar-refractivity contribution is 5.05. The third-order valence-corrected chi connectivity index (χ3v) is 1.95. The molecule has 0 aliphatic heterocycles. The van der Waals surface area contributed by atoms with Crippen molar-refractivity contribution in [2.45, 2.75) is 12.8 Å². The van der Waals surface area contributed by atoms with Gasteiger partial charge in [0.25, 0.3) is 0 Å². The van der Waals surface area contributed by atoms with E-state index in [-0.39, 0.29) is 0 Å². The first-order chi connectivity index (χ1) is 5.79. The van der Waals surface area contributed by atoms with Crippen molar-refractivity contribution in [3.8, 4) is 0 Å². The number of hydrogen-bond acceptors (Lipinski definition) is 3. The van der Waals surface area contributed by atoms with E-state index in [9.17, 15) is 0 Å². The Kier molecular flexibility index (Phi) is 3.25. The van der Waals surface area contributed by atoms with Crippen LogP contribution in [0.5, 0.6) is 0 Å². The van der Waals surface area contributed by atoms with E-state index in [0.29, 0.717) is 13.1 Å². The first-order valence-electron chi connectivity index (χ1n) is 4.19. The van der Waals surface area contributed by atoms with E-state index in [1.807, 2.05) is 13.2 Å². The van der Waals surface area contributed by atoms with E-state index >= 15 is 0 Å². The number of nitrogens with two attached hydrogens (primary N) is 2. The summed E-state index contributed by atoms with van der Waals surface area (Å²) in [6, 6.07) is 0. The van der Waals surface area contributed by atoms with Gasteiger partial charge in [0.05, 0.1) is 0 Å². The number of nitrogens with zero attached hydrogens (tertiary/aromatic N) is 2. The molecule has 0 spiro atoms. The van der Waals surface area contributed by atoms with Gasteiger partial charge in [-0.1, -0.05) is 0 Å². The smallest absolute Gasteiger partial charge is 0.109 e. The summed E-state index contributed by atoms with van der Waals surface area (Å²) in [6.45, 7) is 1.31. The molecule has 0 saturated heterocycles. The van der Waals surface area contributed by atoms with Crippen LogP contribution in [0.4, 0.5) is 0 Å². The molecule has 0 aromatic carbocycles. The van der Waals surface area contributed by atoms with Crippen molar-refractivity contribution >= 4 is 0 Å². The number of imidazole rings is 1. The Labute approximate surface area is 72.6 Å². The van der Waals surface area contributed by atoms with Gasteiger partial charge in [-0.05, 0) is 13.1 Å². The van der Waals surface area contributed by atoms with Gasteiger partial charge in [-0.2, -0.15) is 0 Å². The second-order valence-electron chi connectivity index (χ2n) is 2.80. The highest BCUT2D eigenvalue weighted by Crippen LogP contribution is 2.03. The second kappa shape index (κ2) is 4.23. The van der Waals surface area contributed by atoms with Crippen molar-refractivity contribution in [2.24, 2.45) is 18.5 Å². The Morgan fingerprint density at radius 3 is 2.58 bits per heavy atom. The van der Waals surface area contributed by atoms with Crippen LogP contribution >= 0.6 is 0 Å². The molecule has 0 aliphatic rings. The summed E-state index contributed by atoms with van der Waals surface area (Å²) in [4.78, 5) is 4.25. The van der Waals surface area contributed by atoms with Crippen molar-refractivity contribution in [3.63, 3.8) is 0 Å². The van der Waals surface area contributed by atoms with Gasteiger partial charge in [-0.3, -0.25) is 0 Å². The molecule has 0 aliphatic carbocycles. The molecule has 4 nitrogen and oxygen atoms in total. The van der Waals surface area contributed by atoms with Gasteiger partial charge in [-0.25, -0.2) is 4.98 Å². The molecule has 0 fully saturated rings. The van der Waals surface area contributed by atoms with Crippen LogP contribution in [0.3, 0.4) is 0 Å². The van der Waals surface area contributed by atoms with Gasteiger partial charge in [0.2, 0.25) is 0 Å². The normalized spacial score (nSPS) is 10.6. The predicted molar refractivity (Wildman–Crippen MR) is 48.7 cm³/mol. The lowest BCUT2D eigenvalue weighted by molar-refractivity contribution is 0.735. The summed E-state index contributed by atoms with van der Waals surface area (Å²) in [6.07, 6.45) is 3.59. The molecule has 68 valence electrons. The van der Waals surface area contributed by atoms with Crippen LogP contribution in [0.15, 0.2) is 6.20 Å². The first kappa shape index (κ1) is 9.22. The summed E-state index contributed by atoms with van der Waals surface area (Å²) in [7, 11) is 2.00. The van der Waals surface area contributed by atoms with Crippen LogP contribution in [0.2, 0.25) is 0 Å².